The van der Waals surface area contributed by atoms with E-state index in [2.05, 4.69) is 0 Å². The lowest BCUT2D eigenvalue weighted by Crippen LogP contribution is -2.25. The Morgan fingerprint density at radius 1 is 1.24 bits per heavy atom. The van der Waals surface area contributed by atoms with Crippen molar-refractivity contribution in [3.8, 4) is 5.75 Å². The summed E-state index contributed by atoms with van der Waals surface area (Å²) in [7, 11) is 3.23. The van der Waals surface area contributed by atoms with Gasteiger partial charge in [0.15, 0.2) is 0 Å². The van der Waals surface area contributed by atoms with Crippen LogP contribution in [0.5, 0.6) is 5.75 Å². The molecular formula is C15H15NO4S. The minimum absolute atomic E-state index is 0.121. The third-order valence-electron chi connectivity index (χ3n) is 3.01. The SMILES string of the molecule is COc1ccsc1C(=O)N(C)Cc1ccc(C(=O)O)cc1. The number of carbonyl (C=O) groups excluding carboxylic acids is 1. The van der Waals surface area contributed by atoms with E-state index in [0.29, 0.717) is 17.2 Å². The normalized spacial score (nSPS) is 10.2. The summed E-state index contributed by atoms with van der Waals surface area (Å²) in [6, 6.07) is 8.23. The fourth-order valence-electron chi connectivity index (χ4n) is 1.89. The number of benzene rings is 1. The second kappa shape index (κ2) is 6.41. The topological polar surface area (TPSA) is 66.8 Å². The number of rotatable bonds is 5. The first-order chi connectivity index (χ1) is 10.0. The van der Waals surface area contributed by atoms with E-state index in [9.17, 15) is 9.59 Å². The van der Waals surface area contributed by atoms with Crippen molar-refractivity contribution in [3.63, 3.8) is 0 Å². The van der Waals surface area contributed by atoms with E-state index in [0.717, 1.165) is 5.56 Å². The predicted molar refractivity (Wildman–Crippen MR) is 80.1 cm³/mol. The number of methoxy groups -OCH3 is 1. The van der Waals surface area contributed by atoms with E-state index in [1.807, 2.05) is 5.38 Å². The number of nitrogens with zero attached hydrogens (tertiary/aromatic N) is 1. The van der Waals surface area contributed by atoms with Gasteiger partial charge >= 0.3 is 5.97 Å². The van der Waals surface area contributed by atoms with Gasteiger partial charge in [-0.25, -0.2) is 4.79 Å². The summed E-state index contributed by atoms with van der Waals surface area (Å²) in [5, 5.41) is 10.7. The standard InChI is InChI=1S/C15H15NO4S/c1-16(14(17)13-12(20-2)7-8-21-13)9-10-3-5-11(6-4-10)15(18)19/h3-8H,9H2,1-2H3,(H,18,19). The molecule has 0 aliphatic heterocycles. The summed E-state index contributed by atoms with van der Waals surface area (Å²) >= 11 is 1.33. The fourth-order valence-corrected chi connectivity index (χ4v) is 2.74. The van der Waals surface area contributed by atoms with Crippen LogP contribution in [0.3, 0.4) is 0 Å². The van der Waals surface area contributed by atoms with Crippen LogP contribution >= 0.6 is 11.3 Å². The van der Waals surface area contributed by atoms with Crippen molar-refractivity contribution in [2.45, 2.75) is 6.54 Å². The summed E-state index contributed by atoms with van der Waals surface area (Å²) in [5.74, 6) is -0.517. The van der Waals surface area contributed by atoms with Crippen LogP contribution in [0.1, 0.15) is 25.6 Å². The van der Waals surface area contributed by atoms with Crippen LogP contribution in [0.25, 0.3) is 0 Å². The van der Waals surface area contributed by atoms with E-state index in [4.69, 9.17) is 9.84 Å². The third-order valence-corrected chi connectivity index (χ3v) is 3.89. The van der Waals surface area contributed by atoms with Gasteiger partial charge < -0.3 is 14.7 Å². The fraction of sp³-hybridized carbons (Fsp3) is 0.200. The highest BCUT2D eigenvalue weighted by Gasteiger charge is 2.18. The second-order valence-corrected chi connectivity index (χ2v) is 5.40. The minimum atomic E-state index is -0.964. The molecule has 110 valence electrons. The molecule has 1 N–H and O–H groups in total. The maximum atomic E-state index is 12.3. The molecule has 2 aromatic rings. The molecule has 5 nitrogen and oxygen atoms in total. The molecule has 1 amide bonds. The van der Waals surface area contributed by atoms with Crippen LogP contribution in [0.4, 0.5) is 0 Å². The molecule has 0 unspecified atom stereocenters. The van der Waals surface area contributed by atoms with E-state index >= 15 is 0 Å². The third kappa shape index (κ3) is 3.41. The van der Waals surface area contributed by atoms with Gasteiger partial charge in [-0.1, -0.05) is 12.1 Å². The second-order valence-electron chi connectivity index (χ2n) is 4.48. The van der Waals surface area contributed by atoms with Gasteiger partial charge in [0, 0.05) is 13.6 Å². The average Bonchev–Trinajstić information content (AvgIpc) is 2.95. The zero-order chi connectivity index (χ0) is 15.4. The Bertz CT molecular complexity index is 648. The molecule has 0 aliphatic carbocycles. The molecule has 0 fully saturated rings. The number of hydrogen-bond acceptors (Lipinski definition) is 4. The van der Waals surface area contributed by atoms with Crippen molar-refractivity contribution in [1.82, 2.24) is 4.90 Å². The highest BCUT2D eigenvalue weighted by atomic mass is 32.1. The van der Waals surface area contributed by atoms with E-state index in [1.54, 1.807) is 30.1 Å². The Hall–Kier alpha value is -2.34. The number of carboxylic acid groups (broad SMARTS) is 1. The minimum Gasteiger partial charge on any atom is -0.495 e. The molecule has 0 saturated carbocycles. The zero-order valence-electron chi connectivity index (χ0n) is 11.7. The maximum absolute atomic E-state index is 12.3. The molecule has 0 bridgehead atoms. The predicted octanol–water partition coefficient (Wildman–Crippen LogP) is 2.73. The molecular weight excluding hydrogens is 290 g/mol. The molecule has 0 aliphatic rings. The van der Waals surface area contributed by atoms with E-state index in [-0.39, 0.29) is 11.5 Å². The molecule has 0 atom stereocenters. The van der Waals surface area contributed by atoms with Gasteiger partial charge in [0.2, 0.25) is 0 Å². The Morgan fingerprint density at radius 3 is 2.48 bits per heavy atom. The summed E-state index contributed by atoms with van der Waals surface area (Å²) in [5.41, 5.74) is 1.10. The first kappa shape index (κ1) is 15.1. The number of thiophene rings is 1. The van der Waals surface area contributed by atoms with Crippen LogP contribution in [-0.4, -0.2) is 36.0 Å². The zero-order valence-corrected chi connectivity index (χ0v) is 12.5. The van der Waals surface area contributed by atoms with Crippen molar-refractivity contribution in [3.05, 3.63) is 51.7 Å². The first-order valence-electron chi connectivity index (χ1n) is 6.22. The van der Waals surface area contributed by atoms with Gasteiger partial charge in [0.05, 0.1) is 12.7 Å². The van der Waals surface area contributed by atoms with Crippen LogP contribution in [0, 0.1) is 0 Å². The Morgan fingerprint density at radius 2 is 1.90 bits per heavy atom. The molecule has 0 saturated heterocycles. The molecule has 0 spiro atoms. The molecule has 0 radical (unpaired) electrons. The van der Waals surface area contributed by atoms with Crippen LogP contribution < -0.4 is 4.74 Å². The van der Waals surface area contributed by atoms with Crippen molar-refractivity contribution in [2.75, 3.05) is 14.2 Å². The summed E-state index contributed by atoms with van der Waals surface area (Å²) < 4.78 is 5.15. The first-order valence-corrected chi connectivity index (χ1v) is 7.10. The summed E-state index contributed by atoms with van der Waals surface area (Å²) in [6.45, 7) is 0.403. The van der Waals surface area contributed by atoms with Crippen molar-refractivity contribution >= 4 is 23.2 Å². The van der Waals surface area contributed by atoms with Gasteiger partial charge in [-0.3, -0.25) is 4.79 Å². The number of amides is 1. The average molecular weight is 305 g/mol. The highest BCUT2D eigenvalue weighted by Crippen LogP contribution is 2.26. The molecule has 2 rings (SSSR count). The Balaban J connectivity index is 2.08. The monoisotopic (exact) mass is 305 g/mol. The summed E-state index contributed by atoms with van der Waals surface area (Å²) in [6.07, 6.45) is 0. The highest BCUT2D eigenvalue weighted by molar-refractivity contribution is 7.12. The Kier molecular flexibility index (Phi) is 4.59. The number of carboxylic acids is 1. The van der Waals surface area contributed by atoms with Gasteiger partial charge in [-0.05, 0) is 29.1 Å². The van der Waals surface area contributed by atoms with Crippen LogP contribution in [-0.2, 0) is 6.54 Å². The molecule has 6 heteroatoms. The number of carbonyl (C=O) groups is 2. The van der Waals surface area contributed by atoms with Gasteiger partial charge in [-0.2, -0.15) is 0 Å². The van der Waals surface area contributed by atoms with Crippen LogP contribution in [0.2, 0.25) is 0 Å². The lowest BCUT2D eigenvalue weighted by Gasteiger charge is -2.17. The van der Waals surface area contributed by atoms with E-state index < -0.39 is 5.97 Å². The quantitative estimate of drug-likeness (QED) is 0.922. The molecule has 1 aromatic heterocycles. The Labute approximate surface area is 126 Å². The maximum Gasteiger partial charge on any atom is 0.335 e. The van der Waals surface area contributed by atoms with Gasteiger partial charge in [-0.15, -0.1) is 11.3 Å². The molecule has 1 heterocycles. The van der Waals surface area contributed by atoms with E-state index in [1.165, 1.54) is 30.6 Å². The van der Waals surface area contributed by atoms with Crippen molar-refractivity contribution in [1.29, 1.82) is 0 Å². The van der Waals surface area contributed by atoms with Crippen LogP contribution in [0.15, 0.2) is 35.7 Å². The van der Waals surface area contributed by atoms with Crippen molar-refractivity contribution in [2.24, 2.45) is 0 Å². The smallest absolute Gasteiger partial charge is 0.335 e. The number of ether oxygens (including phenoxy) is 1. The van der Waals surface area contributed by atoms with Gasteiger partial charge in [0.25, 0.3) is 5.91 Å². The van der Waals surface area contributed by atoms with Gasteiger partial charge in [0.1, 0.15) is 10.6 Å². The lowest BCUT2D eigenvalue weighted by atomic mass is 10.1. The van der Waals surface area contributed by atoms with Crippen molar-refractivity contribution < 1.29 is 19.4 Å². The number of hydrogen-bond donors (Lipinski definition) is 1. The molecule has 1 aromatic carbocycles. The largest absolute Gasteiger partial charge is 0.495 e. The molecule has 21 heavy (non-hydrogen) atoms. The lowest BCUT2D eigenvalue weighted by molar-refractivity contribution is 0.0695. The summed E-state index contributed by atoms with van der Waals surface area (Å²) in [4.78, 5) is 25.2. The number of aromatic carboxylic acids is 1.